The van der Waals surface area contributed by atoms with Crippen molar-refractivity contribution >= 4 is 5.96 Å². The molecule has 0 saturated heterocycles. The monoisotopic (exact) mass is 407 g/mol. The van der Waals surface area contributed by atoms with Crippen molar-refractivity contribution in [3.63, 3.8) is 0 Å². The van der Waals surface area contributed by atoms with Crippen molar-refractivity contribution in [1.82, 2.24) is 10.6 Å². The van der Waals surface area contributed by atoms with E-state index < -0.39 is 6.61 Å². The van der Waals surface area contributed by atoms with Crippen LogP contribution in [0.15, 0.2) is 47.5 Å². The summed E-state index contributed by atoms with van der Waals surface area (Å²) in [5, 5.41) is 6.29. The molecule has 0 aliphatic carbocycles. The first-order valence-corrected chi connectivity index (χ1v) is 9.26. The molecule has 2 aromatic carbocycles. The molecule has 0 heterocycles. The Morgan fingerprint density at radius 1 is 1.07 bits per heavy atom. The molecular weight excluding hydrogens is 380 g/mol. The number of benzene rings is 2. The number of halogens is 2. The van der Waals surface area contributed by atoms with Gasteiger partial charge in [-0.15, -0.1) is 0 Å². The third kappa shape index (κ3) is 7.57. The van der Waals surface area contributed by atoms with Crippen molar-refractivity contribution in [3.8, 4) is 11.5 Å². The van der Waals surface area contributed by atoms with Crippen LogP contribution < -0.4 is 20.1 Å². The first-order chi connectivity index (χ1) is 14.0. The van der Waals surface area contributed by atoms with E-state index in [1.165, 1.54) is 13.2 Å². The van der Waals surface area contributed by atoms with Crippen LogP contribution >= 0.6 is 0 Å². The molecule has 6 nitrogen and oxygen atoms in total. The molecule has 0 fully saturated rings. The maximum atomic E-state index is 12.7. The summed E-state index contributed by atoms with van der Waals surface area (Å²) < 4.78 is 40.3. The Morgan fingerprint density at radius 3 is 2.55 bits per heavy atom. The Kier molecular flexibility index (Phi) is 9.17. The Morgan fingerprint density at radius 2 is 1.86 bits per heavy atom. The third-order valence-electron chi connectivity index (χ3n) is 4.00. The number of aliphatic imine (C=N–C) groups is 1. The molecule has 0 spiro atoms. The van der Waals surface area contributed by atoms with Gasteiger partial charge in [-0.3, -0.25) is 0 Å². The molecule has 8 heteroatoms. The van der Waals surface area contributed by atoms with E-state index in [-0.39, 0.29) is 12.3 Å². The SMILES string of the molecule is CCNC(=NCc1cccc(COC)c1)NCc1cc(OC)ccc1OC(F)F. The number of nitrogens with zero attached hydrogens (tertiary/aromatic N) is 1. The number of guanidine groups is 1. The molecule has 0 aromatic heterocycles. The zero-order valence-corrected chi connectivity index (χ0v) is 16.9. The fraction of sp³-hybridized carbons (Fsp3) is 0.381. The van der Waals surface area contributed by atoms with E-state index in [4.69, 9.17) is 9.47 Å². The van der Waals surface area contributed by atoms with E-state index in [9.17, 15) is 8.78 Å². The van der Waals surface area contributed by atoms with E-state index in [1.54, 1.807) is 19.2 Å². The summed E-state index contributed by atoms with van der Waals surface area (Å²) in [6.07, 6.45) is 0. The lowest BCUT2D eigenvalue weighted by molar-refractivity contribution is -0.0504. The Labute approximate surface area is 169 Å². The highest BCUT2D eigenvalue weighted by atomic mass is 19.3. The fourth-order valence-corrected chi connectivity index (χ4v) is 2.71. The van der Waals surface area contributed by atoms with E-state index in [2.05, 4.69) is 20.4 Å². The Bertz CT molecular complexity index is 800. The highest BCUT2D eigenvalue weighted by Gasteiger charge is 2.11. The molecule has 2 aromatic rings. The summed E-state index contributed by atoms with van der Waals surface area (Å²) in [7, 11) is 3.17. The van der Waals surface area contributed by atoms with Gasteiger partial charge < -0.3 is 24.8 Å². The van der Waals surface area contributed by atoms with E-state index in [0.717, 1.165) is 11.1 Å². The van der Waals surface area contributed by atoms with Gasteiger partial charge in [0.25, 0.3) is 0 Å². The largest absolute Gasteiger partial charge is 0.497 e. The van der Waals surface area contributed by atoms with Crippen molar-refractivity contribution in [2.24, 2.45) is 4.99 Å². The maximum Gasteiger partial charge on any atom is 0.387 e. The number of nitrogens with one attached hydrogen (secondary N) is 2. The van der Waals surface area contributed by atoms with Crippen molar-refractivity contribution < 1.29 is 23.0 Å². The highest BCUT2D eigenvalue weighted by Crippen LogP contribution is 2.25. The van der Waals surface area contributed by atoms with Gasteiger partial charge >= 0.3 is 6.61 Å². The molecule has 0 unspecified atom stereocenters. The van der Waals surface area contributed by atoms with Crippen LogP contribution in [0.5, 0.6) is 11.5 Å². The van der Waals surface area contributed by atoms with Crippen molar-refractivity contribution in [2.75, 3.05) is 20.8 Å². The normalized spacial score (nSPS) is 11.4. The first kappa shape index (κ1) is 22.4. The summed E-state index contributed by atoms with van der Waals surface area (Å²) in [4.78, 5) is 4.57. The molecular formula is C21H27F2N3O3. The minimum absolute atomic E-state index is 0.0939. The van der Waals surface area contributed by atoms with Gasteiger partial charge in [-0.2, -0.15) is 8.78 Å². The zero-order valence-electron chi connectivity index (χ0n) is 16.9. The number of ether oxygens (including phenoxy) is 3. The maximum absolute atomic E-state index is 12.7. The molecule has 2 rings (SSSR count). The zero-order chi connectivity index (χ0) is 21.1. The molecule has 0 radical (unpaired) electrons. The lowest BCUT2D eigenvalue weighted by Gasteiger charge is -2.15. The average molecular weight is 407 g/mol. The molecule has 0 bridgehead atoms. The highest BCUT2D eigenvalue weighted by molar-refractivity contribution is 5.79. The molecule has 0 amide bonds. The minimum atomic E-state index is -2.90. The molecule has 29 heavy (non-hydrogen) atoms. The first-order valence-electron chi connectivity index (χ1n) is 9.26. The molecule has 0 aliphatic heterocycles. The quantitative estimate of drug-likeness (QED) is 0.465. The second kappa shape index (κ2) is 11.9. The standard InChI is InChI=1S/C21H27F2N3O3/c1-4-24-21(25-12-15-6-5-7-16(10-15)14-27-2)26-13-17-11-18(28-3)8-9-19(17)29-20(22)23/h5-11,20H,4,12-14H2,1-3H3,(H2,24,25,26). The van der Waals surface area contributed by atoms with Crippen LogP contribution in [0, 0.1) is 0 Å². The van der Waals surface area contributed by atoms with Crippen LogP contribution in [0.25, 0.3) is 0 Å². The Hall–Kier alpha value is -2.87. The number of hydrogen-bond donors (Lipinski definition) is 2. The van der Waals surface area contributed by atoms with E-state index in [0.29, 0.717) is 37.0 Å². The van der Waals surface area contributed by atoms with Crippen LogP contribution in [0.4, 0.5) is 8.78 Å². The van der Waals surface area contributed by atoms with Crippen molar-refractivity contribution in [2.45, 2.75) is 33.2 Å². The van der Waals surface area contributed by atoms with Gasteiger partial charge in [0.15, 0.2) is 5.96 Å². The summed E-state index contributed by atoms with van der Waals surface area (Å²) in [5.74, 6) is 1.21. The third-order valence-corrected chi connectivity index (χ3v) is 4.00. The van der Waals surface area contributed by atoms with Crippen LogP contribution in [0.1, 0.15) is 23.6 Å². The second-order valence-corrected chi connectivity index (χ2v) is 6.15. The van der Waals surface area contributed by atoms with Crippen LogP contribution in [0.2, 0.25) is 0 Å². The molecule has 0 atom stereocenters. The smallest absolute Gasteiger partial charge is 0.387 e. The van der Waals surface area contributed by atoms with Gasteiger partial charge in [-0.05, 0) is 36.2 Å². The summed E-state index contributed by atoms with van der Waals surface area (Å²) in [6, 6.07) is 12.7. The molecule has 0 aliphatic rings. The molecule has 158 valence electrons. The van der Waals surface area contributed by atoms with Gasteiger partial charge in [0.2, 0.25) is 0 Å². The lowest BCUT2D eigenvalue weighted by Crippen LogP contribution is -2.36. The number of rotatable bonds is 10. The number of hydrogen-bond acceptors (Lipinski definition) is 4. The van der Waals surface area contributed by atoms with Crippen molar-refractivity contribution in [1.29, 1.82) is 0 Å². The van der Waals surface area contributed by atoms with Crippen LogP contribution in [0.3, 0.4) is 0 Å². The van der Waals surface area contributed by atoms with Gasteiger partial charge in [0.05, 0.1) is 20.3 Å². The molecule has 2 N–H and O–H groups in total. The number of alkyl halides is 2. The molecule has 0 saturated carbocycles. The van der Waals surface area contributed by atoms with E-state index >= 15 is 0 Å². The predicted molar refractivity (Wildman–Crippen MR) is 108 cm³/mol. The van der Waals surface area contributed by atoms with Crippen LogP contribution in [-0.2, 0) is 24.4 Å². The topological polar surface area (TPSA) is 64.1 Å². The predicted octanol–water partition coefficient (Wildman–Crippen LogP) is 3.70. The second-order valence-electron chi connectivity index (χ2n) is 6.15. The summed E-state index contributed by atoms with van der Waals surface area (Å²) >= 11 is 0. The van der Waals surface area contributed by atoms with E-state index in [1.807, 2.05) is 31.2 Å². The van der Waals surface area contributed by atoms with Crippen LogP contribution in [-0.4, -0.2) is 33.3 Å². The lowest BCUT2D eigenvalue weighted by atomic mass is 10.1. The average Bonchev–Trinajstić information content (AvgIpc) is 2.71. The van der Waals surface area contributed by atoms with Crippen molar-refractivity contribution in [3.05, 3.63) is 59.2 Å². The number of methoxy groups -OCH3 is 2. The Balaban J connectivity index is 2.10. The fourth-order valence-electron chi connectivity index (χ4n) is 2.71. The summed E-state index contributed by atoms with van der Waals surface area (Å²) in [5.41, 5.74) is 2.65. The van der Waals surface area contributed by atoms with Gasteiger partial charge in [0, 0.05) is 25.8 Å². The van der Waals surface area contributed by atoms with Gasteiger partial charge in [-0.25, -0.2) is 4.99 Å². The summed E-state index contributed by atoms with van der Waals surface area (Å²) in [6.45, 7) is 0.962. The van der Waals surface area contributed by atoms with Gasteiger partial charge in [-0.1, -0.05) is 24.3 Å². The minimum Gasteiger partial charge on any atom is -0.497 e. The van der Waals surface area contributed by atoms with Gasteiger partial charge in [0.1, 0.15) is 11.5 Å².